The molecule has 0 aromatic rings. The van der Waals surface area contributed by atoms with Gasteiger partial charge in [0.25, 0.3) is 0 Å². The maximum atomic E-state index is 9.77. The van der Waals surface area contributed by atoms with E-state index >= 15 is 0 Å². The first kappa shape index (κ1) is 13.9. The summed E-state index contributed by atoms with van der Waals surface area (Å²) in [4.78, 5) is 19.5. The molecule has 2 atom stereocenters. The van der Waals surface area contributed by atoms with Gasteiger partial charge in [-0.1, -0.05) is 0 Å². The number of aliphatic hydroxyl groups is 2. The molecule has 0 heterocycles. The molecule has 0 aliphatic carbocycles. The second-order valence-corrected chi connectivity index (χ2v) is 1.57. The van der Waals surface area contributed by atoms with Crippen LogP contribution in [0.15, 0.2) is 0 Å². The summed E-state index contributed by atoms with van der Waals surface area (Å²) >= 11 is 0. The van der Waals surface area contributed by atoms with E-state index in [0.717, 1.165) is 0 Å². The SMILES string of the molecule is O=C(O)C(O)C(O)C(=O)O.[SrH2]. The summed E-state index contributed by atoms with van der Waals surface area (Å²) in [6.45, 7) is 0. The van der Waals surface area contributed by atoms with E-state index in [9.17, 15) is 9.59 Å². The first-order valence-corrected chi connectivity index (χ1v) is 2.28. The average molecular weight is 240 g/mol. The van der Waals surface area contributed by atoms with Crippen molar-refractivity contribution in [3.8, 4) is 0 Å². The van der Waals surface area contributed by atoms with Crippen LogP contribution < -0.4 is 0 Å². The molecule has 0 amide bonds. The predicted octanol–water partition coefficient (Wildman–Crippen LogP) is -3.04. The third-order valence-corrected chi connectivity index (χ3v) is 0.805. The average Bonchev–Trinajstić information content (AvgIpc) is 1.84. The molecule has 6 nitrogen and oxygen atoms in total. The number of aliphatic carboxylic acids is 2. The summed E-state index contributed by atoms with van der Waals surface area (Å²) in [7, 11) is 0. The monoisotopic (exact) mass is 240 g/mol. The Morgan fingerprint density at radius 1 is 0.909 bits per heavy atom. The van der Waals surface area contributed by atoms with Crippen molar-refractivity contribution in [2.75, 3.05) is 0 Å². The Hall–Kier alpha value is 0.341. The zero-order valence-electron chi connectivity index (χ0n) is 4.76. The van der Waals surface area contributed by atoms with Gasteiger partial charge in [-0.15, -0.1) is 0 Å². The Morgan fingerprint density at radius 2 is 1.09 bits per heavy atom. The number of aliphatic hydroxyl groups excluding tert-OH is 2. The molecule has 0 saturated heterocycles. The van der Waals surface area contributed by atoms with Crippen molar-refractivity contribution in [3.63, 3.8) is 0 Å². The minimum absolute atomic E-state index is 0. The topological polar surface area (TPSA) is 115 Å². The van der Waals surface area contributed by atoms with E-state index in [1.54, 1.807) is 0 Å². The molecule has 7 heteroatoms. The van der Waals surface area contributed by atoms with Gasteiger partial charge in [-0.3, -0.25) is 0 Å². The molecule has 0 aliphatic rings. The van der Waals surface area contributed by atoms with Crippen molar-refractivity contribution in [1.82, 2.24) is 0 Å². The normalized spacial score (nSPS) is 14.4. The van der Waals surface area contributed by atoms with Crippen LogP contribution in [0.4, 0.5) is 0 Å². The summed E-state index contributed by atoms with van der Waals surface area (Å²) in [6, 6.07) is 0. The summed E-state index contributed by atoms with van der Waals surface area (Å²) in [5, 5.41) is 32.5. The molecule has 62 valence electrons. The second kappa shape index (κ2) is 5.92. The number of carboxylic acid groups (broad SMARTS) is 2. The van der Waals surface area contributed by atoms with Crippen LogP contribution in [0.2, 0.25) is 0 Å². The molecule has 0 saturated carbocycles. The standard InChI is InChI=1S/C4H6O6.Sr.2H/c5-1(3(7)8)2(6)4(9)10;;;/h1-2,5-6H,(H,7,8)(H,9,10);;;. The number of carboxylic acids is 2. The van der Waals surface area contributed by atoms with Crippen LogP contribution in [0, 0.1) is 0 Å². The molecular formula is C4H8O6Sr. The molecule has 0 aliphatic heterocycles. The molecule has 0 fully saturated rings. The molecule has 4 N–H and O–H groups in total. The quantitative estimate of drug-likeness (QED) is 0.390. The van der Waals surface area contributed by atoms with Gasteiger partial charge in [0.2, 0.25) is 0 Å². The van der Waals surface area contributed by atoms with Crippen LogP contribution in [0.25, 0.3) is 0 Å². The van der Waals surface area contributed by atoms with Crippen LogP contribution in [0.5, 0.6) is 0 Å². The zero-order chi connectivity index (χ0) is 8.31. The van der Waals surface area contributed by atoms with Gasteiger partial charge in [-0.05, 0) is 0 Å². The van der Waals surface area contributed by atoms with Gasteiger partial charge in [0, 0.05) is 0 Å². The third-order valence-electron chi connectivity index (χ3n) is 0.805. The summed E-state index contributed by atoms with van der Waals surface area (Å²) in [5.41, 5.74) is 0. The molecular weight excluding hydrogens is 232 g/mol. The minimum atomic E-state index is -2.27. The van der Waals surface area contributed by atoms with E-state index in [2.05, 4.69) is 0 Å². The van der Waals surface area contributed by atoms with Crippen molar-refractivity contribution >= 4 is 57.4 Å². The van der Waals surface area contributed by atoms with E-state index in [-0.39, 0.29) is 45.5 Å². The molecule has 2 unspecified atom stereocenters. The van der Waals surface area contributed by atoms with Crippen LogP contribution in [-0.2, 0) is 9.59 Å². The van der Waals surface area contributed by atoms with Gasteiger partial charge < -0.3 is 20.4 Å². The molecule has 0 spiro atoms. The fourth-order valence-corrected chi connectivity index (χ4v) is 0.270. The van der Waals surface area contributed by atoms with Crippen molar-refractivity contribution in [2.45, 2.75) is 12.2 Å². The van der Waals surface area contributed by atoms with E-state index in [1.165, 1.54) is 0 Å². The fourth-order valence-electron chi connectivity index (χ4n) is 0.270. The van der Waals surface area contributed by atoms with Crippen LogP contribution in [0.1, 0.15) is 0 Å². The van der Waals surface area contributed by atoms with Crippen molar-refractivity contribution in [1.29, 1.82) is 0 Å². The summed E-state index contributed by atoms with van der Waals surface area (Å²) < 4.78 is 0. The van der Waals surface area contributed by atoms with Crippen molar-refractivity contribution in [2.24, 2.45) is 0 Å². The van der Waals surface area contributed by atoms with Gasteiger partial charge in [0.05, 0.1) is 0 Å². The van der Waals surface area contributed by atoms with Crippen molar-refractivity contribution < 1.29 is 30.0 Å². The molecule has 0 radical (unpaired) electrons. The predicted molar refractivity (Wildman–Crippen MR) is 35.8 cm³/mol. The molecule has 0 rings (SSSR count). The Bertz CT molecular complexity index is 139. The Balaban J connectivity index is 0. The van der Waals surface area contributed by atoms with E-state index in [4.69, 9.17) is 20.4 Å². The van der Waals surface area contributed by atoms with Crippen LogP contribution in [0.3, 0.4) is 0 Å². The van der Waals surface area contributed by atoms with Crippen LogP contribution in [-0.4, -0.2) is 90.1 Å². The number of hydrogen-bond acceptors (Lipinski definition) is 4. The van der Waals surface area contributed by atoms with E-state index < -0.39 is 24.1 Å². The first-order valence-electron chi connectivity index (χ1n) is 2.28. The van der Waals surface area contributed by atoms with Gasteiger partial charge in [-0.25, -0.2) is 9.59 Å². The van der Waals surface area contributed by atoms with Gasteiger partial charge in [0.1, 0.15) is 0 Å². The molecule has 0 aromatic heterocycles. The van der Waals surface area contributed by atoms with Crippen LogP contribution >= 0.6 is 0 Å². The first-order chi connectivity index (χ1) is 4.46. The third kappa shape index (κ3) is 4.72. The molecule has 0 aromatic carbocycles. The van der Waals surface area contributed by atoms with E-state index in [1.807, 2.05) is 0 Å². The summed E-state index contributed by atoms with van der Waals surface area (Å²) in [5.74, 6) is -3.54. The van der Waals surface area contributed by atoms with Gasteiger partial charge >= 0.3 is 57.4 Å². The Kier molecular flexibility index (Phi) is 7.49. The molecule has 0 bridgehead atoms. The number of carbonyl (C=O) groups is 2. The Labute approximate surface area is 98.7 Å². The van der Waals surface area contributed by atoms with Gasteiger partial charge in [-0.2, -0.15) is 0 Å². The molecule has 11 heavy (non-hydrogen) atoms. The van der Waals surface area contributed by atoms with E-state index in [0.29, 0.717) is 0 Å². The Morgan fingerprint density at radius 3 is 1.18 bits per heavy atom. The maximum absolute atomic E-state index is 9.77. The second-order valence-electron chi connectivity index (χ2n) is 1.57. The summed E-state index contributed by atoms with van der Waals surface area (Å²) in [6.07, 6.45) is -4.53. The van der Waals surface area contributed by atoms with Crippen molar-refractivity contribution in [3.05, 3.63) is 0 Å². The van der Waals surface area contributed by atoms with Gasteiger partial charge in [0.15, 0.2) is 12.2 Å². The number of rotatable bonds is 3. The number of hydrogen-bond donors (Lipinski definition) is 4. The fraction of sp³-hybridized carbons (Fsp3) is 0.500. The zero-order valence-corrected chi connectivity index (χ0v) is 4.76.